The number of rotatable bonds is 10. The van der Waals surface area contributed by atoms with Crippen molar-refractivity contribution in [3.05, 3.63) is 53.8 Å². The third kappa shape index (κ3) is 6.11. The van der Waals surface area contributed by atoms with Gasteiger partial charge >= 0.3 is 0 Å². The number of sulfone groups is 1. The second-order valence-electron chi connectivity index (χ2n) is 8.00. The lowest BCUT2D eigenvalue weighted by Gasteiger charge is -2.21. The highest BCUT2D eigenvalue weighted by Crippen LogP contribution is 2.31. The Hall–Kier alpha value is -2.36. The Morgan fingerprint density at radius 1 is 1.06 bits per heavy atom. The Kier molecular flexibility index (Phi) is 7.97. The summed E-state index contributed by atoms with van der Waals surface area (Å²) in [5.74, 6) is -0.803. The molecule has 32 heavy (non-hydrogen) atoms. The predicted molar refractivity (Wildman–Crippen MR) is 128 cm³/mol. The standard InChI is InChI=1S/C23H28FN3O3S2/c1-17-7-4-8-20-22(17)25-23(31-20)27(15-6-14-26(2)3)21(28)9-5-16-32(29,30)19-12-10-18(24)11-13-19/h4,7-8,10-13H,5-6,9,14-16H2,1-3H3. The highest BCUT2D eigenvalue weighted by molar-refractivity contribution is 7.91. The van der Waals surface area contributed by atoms with Gasteiger partial charge in [-0.3, -0.25) is 9.69 Å². The van der Waals surface area contributed by atoms with E-state index >= 15 is 0 Å². The summed E-state index contributed by atoms with van der Waals surface area (Å²) in [6.45, 7) is 3.33. The van der Waals surface area contributed by atoms with E-state index in [1.54, 1.807) is 4.90 Å². The third-order valence-corrected chi connectivity index (χ3v) is 7.97. The minimum Gasteiger partial charge on any atom is -0.309 e. The molecule has 0 saturated heterocycles. The van der Waals surface area contributed by atoms with Gasteiger partial charge in [-0.25, -0.2) is 17.8 Å². The highest BCUT2D eigenvalue weighted by Gasteiger charge is 2.21. The van der Waals surface area contributed by atoms with E-state index in [0.717, 1.165) is 40.9 Å². The van der Waals surface area contributed by atoms with Gasteiger partial charge in [0.1, 0.15) is 5.82 Å². The third-order valence-electron chi connectivity index (χ3n) is 5.10. The van der Waals surface area contributed by atoms with Crippen LogP contribution in [0.4, 0.5) is 9.52 Å². The van der Waals surface area contributed by atoms with Crippen LogP contribution in [-0.4, -0.2) is 57.1 Å². The first-order valence-electron chi connectivity index (χ1n) is 10.5. The molecule has 0 fully saturated rings. The SMILES string of the molecule is Cc1cccc2sc(N(CCCN(C)C)C(=O)CCCS(=O)(=O)c3ccc(F)cc3)nc12. The van der Waals surface area contributed by atoms with Gasteiger partial charge in [-0.1, -0.05) is 23.5 Å². The van der Waals surface area contributed by atoms with Crippen LogP contribution < -0.4 is 4.90 Å². The van der Waals surface area contributed by atoms with Crippen LogP contribution in [0.25, 0.3) is 10.2 Å². The van der Waals surface area contributed by atoms with Crippen LogP contribution in [0.15, 0.2) is 47.4 Å². The van der Waals surface area contributed by atoms with Crippen molar-refractivity contribution in [3.8, 4) is 0 Å². The van der Waals surface area contributed by atoms with E-state index in [-0.39, 0.29) is 29.4 Å². The van der Waals surface area contributed by atoms with Gasteiger partial charge in [0.2, 0.25) is 5.91 Å². The van der Waals surface area contributed by atoms with E-state index < -0.39 is 15.7 Å². The van der Waals surface area contributed by atoms with Gasteiger partial charge in [0.25, 0.3) is 0 Å². The number of amides is 1. The smallest absolute Gasteiger partial charge is 0.228 e. The molecule has 1 heterocycles. The van der Waals surface area contributed by atoms with E-state index in [9.17, 15) is 17.6 Å². The number of aromatic nitrogens is 1. The van der Waals surface area contributed by atoms with Gasteiger partial charge in [0.05, 0.1) is 20.9 Å². The predicted octanol–water partition coefficient (Wildman–Crippen LogP) is 4.28. The molecular weight excluding hydrogens is 449 g/mol. The van der Waals surface area contributed by atoms with Crippen LogP contribution in [0, 0.1) is 12.7 Å². The number of carbonyl (C=O) groups is 1. The molecule has 0 spiro atoms. The molecule has 0 atom stereocenters. The summed E-state index contributed by atoms with van der Waals surface area (Å²) in [7, 11) is 0.385. The molecule has 1 aromatic heterocycles. The van der Waals surface area contributed by atoms with Crippen LogP contribution in [-0.2, 0) is 14.6 Å². The molecule has 172 valence electrons. The minimum absolute atomic E-state index is 0.0656. The fourth-order valence-electron chi connectivity index (χ4n) is 3.37. The maximum atomic E-state index is 13.1. The summed E-state index contributed by atoms with van der Waals surface area (Å²) in [6.07, 6.45) is 1.06. The van der Waals surface area contributed by atoms with Crippen molar-refractivity contribution in [1.82, 2.24) is 9.88 Å². The second kappa shape index (κ2) is 10.5. The average molecular weight is 478 g/mol. The number of nitrogens with zero attached hydrogens (tertiary/aromatic N) is 3. The number of halogens is 1. The summed E-state index contributed by atoms with van der Waals surface area (Å²) >= 11 is 1.47. The molecule has 6 nitrogen and oxygen atoms in total. The molecule has 0 bridgehead atoms. The van der Waals surface area contributed by atoms with E-state index in [4.69, 9.17) is 4.98 Å². The van der Waals surface area contributed by atoms with Crippen molar-refractivity contribution >= 4 is 42.4 Å². The maximum absolute atomic E-state index is 13.1. The van der Waals surface area contributed by atoms with Gasteiger partial charge in [-0.15, -0.1) is 0 Å². The second-order valence-corrected chi connectivity index (χ2v) is 11.1. The van der Waals surface area contributed by atoms with Crippen molar-refractivity contribution in [1.29, 1.82) is 0 Å². The highest BCUT2D eigenvalue weighted by atomic mass is 32.2. The number of benzene rings is 2. The first-order valence-corrected chi connectivity index (χ1v) is 12.9. The molecular formula is C23H28FN3O3S2. The molecule has 0 N–H and O–H groups in total. The van der Waals surface area contributed by atoms with Crippen LogP contribution in [0.5, 0.6) is 0 Å². The Balaban J connectivity index is 1.71. The number of para-hydroxylation sites is 1. The van der Waals surface area contributed by atoms with E-state index in [0.29, 0.717) is 11.7 Å². The molecule has 0 aliphatic heterocycles. The summed E-state index contributed by atoms with van der Waals surface area (Å²) in [5.41, 5.74) is 1.94. The molecule has 3 aromatic rings. The van der Waals surface area contributed by atoms with E-state index in [1.807, 2.05) is 39.2 Å². The molecule has 0 unspecified atom stereocenters. The average Bonchev–Trinajstić information content (AvgIpc) is 3.16. The summed E-state index contributed by atoms with van der Waals surface area (Å²) in [5, 5.41) is 0.638. The number of anilines is 1. The van der Waals surface area contributed by atoms with Crippen molar-refractivity contribution < 1.29 is 17.6 Å². The molecule has 1 amide bonds. The normalized spacial score (nSPS) is 11.9. The summed E-state index contributed by atoms with van der Waals surface area (Å²) < 4.78 is 39.1. The largest absolute Gasteiger partial charge is 0.309 e. The summed E-state index contributed by atoms with van der Waals surface area (Å²) in [4.78, 5) is 21.6. The monoisotopic (exact) mass is 477 g/mol. The van der Waals surface area contributed by atoms with Crippen molar-refractivity contribution in [2.75, 3.05) is 37.8 Å². The molecule has 0 aliphatic rings. The molecule has 3 rings (SSSR count). The lowest BCUT2D eigenvalue weighted by Crippen LogP contribution is -2.33. The topological polar surface area (TPSA) is 70.6 Å². The quantitative estimate of drug-likeness (QED) is 0.408. The first kappa shape index (κ1) is 24.3. The number of fused-ring (bicyclic) bond motifs is 1. The van der Waals surface area contributed by atoms with Crippen LogP contribution in [0.3, 0.4) is 0 Å². The Morgan fingerprint density at radius 2 is 1.78 bits per heavy atom. The Morgan fingerprint density at radius 3 is 2.44 bits per heavy atom. The first-order chi connectivity index (χ1) is 15.2. The van der Waals surface area contributed by atoms with Gasteiger partial charge < -0.3 is 4.90 Å². The van der Waals surface area contributed by atoms with Gasteiger partial charge in [0, 0.05) is 13.0 Å². The maximum Gasteiger partial charge on any atom is 0.228 e. The van der Waals surface area contributed by atoms with Gasteiger partial charge in [0.15, 0.2) is 15.0 Å². The number of hydrogen-bond acceptors (Lipinski definition) is 6. The van der Waals surface area contributed by atoms with E-state index in [1.165, 1.54) is 23.5 Å². The number of aryl methyl sites for hydroxylation is 1. The molecule has 0 aliphatic carbocycles. The zero-order valence-corrected chi connectivity index (χ0v) is 20.2. The van der Waals surface area contributed by atoms with Crippen LogP contribution in [0.2, 0.25) is 0 Å². The Bertz CT molecular complexity index is 1170. The zero-order chi connectivity index (χ0) is 23.3. The van der Waals surface area contributed by atoms with Crippen LogP contribution >= 0.6 is 11.3 Å². The lowest BCUT2D eigenvalue weighted by molar-refractivity contribution is -0.118. The zero-order valence-electron chi connectivity index (χ0n) is 18.5. The lowest BCUT2D eigenvalue weighted by atomic mass is 10.2. The van der Waals surface area contributed by atoms with Gasteiger partial charge in [-0.2, -0.15) is 0 Å². The summed E-state index contributed by atoms with van der Waals surface area (Å²) in [6, 6.07) is 10.7. The van der Waals surface area contributed by atoms with Crippen molar-refractivity contribution in [2.24, 2.45) is 0 Å². The molecule has 9 heteroatoms. The number of carbonyl (C=O) groups excluding carboxylic acids is 1. The van der Waals surface area contributed by atoms with E-state index in [2.05, 4.69) is 4.90 Å². The molecule has 0 saturated carbocycles. The van der Waals surface area contributed by atoms with Crippen molar-refractivity contribution in [3.63, 3.8) is 0 Å². The number of hydrogen-bond donors (Lipinski definition) is 0. The molecule has 2 aromatic carbocycles. The van der Waals surface area contributed by atoms with Gasteiger partial charge in [-0.05, 0) is 76.3 Å². The Labute approximate surface area is 192 Å². The minimum atomic E-state index is -3.57. The number of thiazole rings is 1. The van der Waals surface area contributed by atoms with Crippen molar-refractivity contribution in [2.45, 2.75) is 31.1 Å². The fourth-order valence-corrected chi connectivity index (χ4v) is 5.77. The fraction of sp³-hybridized carbons (Fsp3) is 0.391. The van der Waals surface area contributed by atoms with Crippen LogP contribution in [0.1, 0.15) is 24.8 Å². The molecule has 0 radical (unpaired) electrons.